The molecule has 1 aliphatic heterocycles. The van der Waals surface area contributed by atoms with Crippen LogP contribution in [0.15, 0.2) is 53.7 Å². The van der Waals surface area contributed by atoms with E-state index in [4.69, 9.17) is 9.72 Å². The van der Waals surface area contributed by atoms with Crippen molar-refractivity contribution < 1.29 is 9.53 Å². The first kappa shape index (κ1) is 17.9. The maximum Gasteiger partial charge on any atom is 0.235 e. The molecule has 3 aromatic rings. The molecule has 0 spiro atoms. The van der Waals surface area contributed by atoms with Crippen LogP contribution in [0.1, 0.15) is 19.8 Å². The van der Waals surface area contributed by atoms with E-state index in [9.17, 15) is 4.79 Å². The Labute approximate surface area is 163 Å². The highest BCUT2D eigenvalue weighted by Crippen LogP contribution is 2.32. The molecule has 27 heavy (non-hydrogen) atoms. The van der Waals surface area contributed by atoms with E-state index in [-0.39, 0.29) is 11.2 Å². The smallest absolute Gasteiger partial charge is 0.235 e. The van der Waals surface area contributed by atoms with Crippen LogP contribution in [0, 0.1) is 0 Å². The van der Waals surface area contributed by atoms with Crippen LogP contribution in [0.2, 0.25) is 0 Å². The fraction of sp³-hybridized carbons (Fsp3) is 0.333. The molecule has 1 aliphatic rings. The minimum atomic E-state index is -0.170. The van der Waals surface area contributed by atoms with E-state index in [2.05, 4.69) is 10.6 Å². The molecule has 1 atom stereocenters. The Morgan fingerprint density at radius 2 is 1.81 bits per heavy atom. The summed E-state index contributed by atoms with van der Waals surface area (Å²) in [6.07, 6.45) is 2.21. The standard InChI is InChI=1S/C21H23N3O2S/c1-15(20(25)23-13-5-6-14-23)27-21-22-18-7-3-4-8-19(18)24(21)16-9-11-17(26-2)12-10-16/h3-4,7-12,15H,5-6,13-14H2,1-2H3/t15-/m1/s1. The number of para-hydroxylation sites is 2. The molecule has 140 valence electrons. The van der Waals surface area contributed by atoms with Crippen molar-refractivity contribution in [2.24, 2.45) is 0 Å². The summed E-state index contributed by atoms with van der Waals surface area (Å²) >= 11 is 1.53. The highest BCUT2D eigenvalue weighted by molar-refractivity contribution is 8.00. The van der Waals surface area contributed by atoms with Gasteiger partial charge < -0.3 is 9.64 Å². The van der Waals surface area contributed by atoms with Crippen LogP contribution in [0.25, 0.3) is 16.7 Å². The minimum absolute atomic E-state index is 0.170. The normalized spacial score (nSPS) is 15.3. The SMILES string of the molecule is COc1ccc(-n2c(S[C@H](C)C(=O)N3CCCC3)nc3ccccc32)cc1. The van der Waals surface area contributed by atoms with Gasteiger partial charge in [0.1, 0.15) is 5.75 Å². The average Bonchev–Trinajstić information content (AvgIpc) is 3.35. The third-order valence-electron chi connectivity index (χ3n) is 4.91. The summed E-state index contributed by atoms with van der Waals surface area (Å²) in [7, 11) is 1.66. The van der Waals surface area contributed by atoms with Crippen molar-refractivity contribution in [3.63, 3.8) is 0 Å². The van der Waals surface area contributed by atoms with Crippen molar-refractivity contribution in [3.8, 4) is 11.4 Å². The average molecular weight is 382 g/mol. The Kier molecular flexibility index (Phi) is 5.07. The van der Waals surface area contributed by atoms with Gasteiger partial charge in [-0.3, -0.25) is 9.36 Å². The number of likely N-dealkylation sites (tertiary alicyclic amines) is 1. The van der Waals surface area contributed by atoms with Gasteiger partial charge in [0, 0.05) is 18.8 Å². The summed E-state index contributed by atoms with van der Waals surface area (Å²) < 4.78 is 7.40. The molecular weight excluding hydrogens is 358 g/mol. The van der Waals surface area contributed by atoms with Crippen LogP contribution < -0.4 is 4.74 Å². The van der Waals surface area contributed by atoms with E-state index < -0.39 is 0 Å². The van der Waals surface area contributed by atoms with Gasteiger partial charge in [-0.25, -0.2) is 4.98 Å². The maximum absolute atomic E-state index is 12.7. The molecule has 0 N–H and O–H groups in total. The summed E-state index contributed by atoms with van der Waals surface area (Å²) in [5.74, 6) is 1.01. The van der Waals surface area contributed by atoms with Crippen molar-refractivity contribution >= 4 is 28.7 Å². The largest absolute Gasteiger partial charge is 0.497 e. The highest BCUT2D eigenvalue weighted by atomic mass is 32.2. The number of aromatic nitrogens is 2. The molecule has 0 unspecified atom stereocenters. The lowest BCUT2D eigenvalue weighted by Crippen LogP contribution is -2.34. The molecule has 1 saturated heterocycles. The summed E-state index contributed by atoms with van der Waals surface area (Å²) in [4.78, 5) is 19.5. The fourth-order valence-electron chi connectivity index (χ4n) is 3.47. The van der Waals surface area contributed by atoms with Crippen LogP contribution in [0.5, 0.6) is 5.75 Å². The Morgan fingerprint density at radius 3 is 2.52 bits per heavy atom. The van der Waals surface area contributed by atoms with Crippen LogP contribution in [0.4, 0.5) is 0 Å². The molecule has 0 saturated carbocycles. The number of methoxy groups -OCH3 is 1. The van der Waals surface area contributed by atoms with Gasteiger partial charge in [0.05, 0.1) is 23.4 Å². The first-order valence-corrected chi connectivity index (χ1v) is 10.1. The predicted octanol–water partition coefficient (Wildman–Crippen LogP) is 4.14. The van der Waals surface area contributed by atoms with Crippen LogP contribution >= 0.6 is 11.8 Å². The molecule has 2 aromatic carbocycles. The minimum Gasteiger partial charge on any atom is -0.497 e. The molecule has 5 nitrogen and oxygen atoms in total. The fourth-order valence-corrected chi connectivity index (χ4v) is 4.49. The molecule has 0 aliphatic carbocycles. The first-order chi connectivity index (χ1) is 13.2. The number of imidazole rings is 1. The van der Waals surface area contributed by atoms with Crippen molar-refractivity contribution in [1.29, 1.82) is 0 Å². The zero-order valence-corrected chi connectivity index (χ0v) is 16.4. The number of carbonyl (C=O) groups excluding carboxylic acids is 1. The van der Waals surface area contributed by atoms with Gasteiger partial charge in [0.2, 0.25) is 5.91 Å². The lowest BCUT2D eigenvalue weighted by Gasteiger charge is -2.20. The first-order valence-electron chi connectivity index (χ1n) is 9.25. The van der Waals surface area contributed by atoms with Gasteiger partial charge in [0.25, 0.3) is 0 Å². The third-order valence-corrected chi connectivity index (χ3v) is 5.95. The molecule has 6 heteroatoms. The van der Waals surface area contributed by atoms with E-state index in [1.54, 1.807) is 7.11 Å². The zero-order chi connectivity index (χ0) is 18.8. The summed E-state index contributed by atoms with van der Waals surface area (Å²) in [6, 6.07) is 16.0. The summed E-state index contributed by atoms with van der Waals surface area (Å²) in [5.41, 5.74) is 2.97. The zero-order valence-electron chi connectivity index (χ0n) is 15.6. The Hall–Kier alpha value is -2.47. The number of thioether (sulfide) groups is 1. The number of ether oxygens (including phenoxy) is 1. The van der Waals surface area contributed by atoms with Gasteiger partial charge in [-0.15, -0.1) is 0 Å². The Morgan fingerprint density at radius 1 is 1.11 bits per heavy atom. The van der Waals surface area contributed by atoms with Crippen molar-refractivity contribution in [3.05, 3.63) is 48.5 Å². The quantitative estimate of drug-likeness (QED) is 0.623. The molecule has 1 fully saturated rings. The number of fused-ring (bicyclic) bond motifs is 1. The van der Waals surface area contributed by atoms with Gasteiger partial charge in [-0.05, 0) is 56.2 Å². The van der Waals surface area contributed by atoms with E-state index in [1.165, 1.54) is 11.8 Å². The third kappa shape index (κ3) is 3.54. The number of amides is 1. The maximum atomic E-state index is 12.7. The Bertz CT molecular complexity index is 946. The number of carbonyl (C=O) groups is 1. The lowest BCUT2D eigenvalue weighted by molar-refractivity contribution is -0.129. The summed E-state index contributed by atoms with van der Waals surface area (Å²) in [5, 5.41) is 0.665. The van der Waals surface area contributed by atoms with Gasteiger partial charge in [0.15, 0.2) is 5.16 Å². The van der Waals surface area contributed by atoms with Crippen LogP contribution in [-0.2, 0) is 4.79 Å². The molecule has 2 heterocycles. The second-order valence-electron chi connectivity index (χ2n) is 6.71. The molecule has 1 aromatic heterocycles. The van der Waals surface area contributed by atoms with Crippen molar-refractivity contribution in [2.75, 3.05) is 20.2 Å². The highest BCUT2D eigenvalue weighted by Gasteiger charge is 2.26. The topological polar surface area (TPSA) is 47.4 Å². The second-order valence-corrected chi connectivity index (χ2v) is 8.02. The van der Waals surface area contributed by atoms with E-state index >= 15 is 0 Å². The number of rotatable bonds is 5. The number of nitrogens with zero attached hydrogens (tertiary/aromatic N) is 3. The van der Waals surface area contributed by atoms with E-state index in [1.807, 2.05) is 54.3 Å². The van der Waals surface area contributed by atoms with Gasteiger partial charge in [-0.2, -0.15) is 0 Å². The molecule has 4 rings (SSSR count). The number of hydrogen-bond acceptors (Lipinski definition) is 4. The van der Waals surface area contributed by atoms with Gasteiger partial charge in [-0.1, -0.05) is 23.9 Å². The lowest BCUT2D eigenvalue weighted by atomic mass is 10.2. The van der Waals surface area contributed by atoms with Gasteiger partial charge >= 0.3 is 0 Å². The van der Waals surface area contributed by atoms with E-state index in [0.29, 0.717) is 0 Å². The van der Waals surface area contributed by atoms with Crippen LogP contribution in [-0.4, -0.2) is 45.8 Å². The van der Waals surface area contributed by atoms with Crippen molar-refractivity contribution in [1.82, 2.24) is 14.5 Å². The molecule has 1 amide bonds. The van der Waals surface area contributed by atoms with Crippen LogP contribution in [0.3, 0.4) is 0 Å². The monoisotopic (exact) mass is 381 g/mol. The second kappa shape index (κ2) is 7.64. The predicted molar refractivity (Wildman–Crippen MR) is 109 cm³/mol. The summed E-state index contributed by atoms with van der Waals surface area (Å²) in [6.45, 7) is 3.72. The van der Waals surface area contributed by atoms with Crippen molar-refractivity contribution in [2.45, 2.75) is 30.2 Å². The molecule has 0 radical (unpaired) electrons. The molecular formula is C21H23N3O2S. The molecule has 0 bridgehead atoms. The number of hydrogen-bond donors (Lipinski definition) is 0. The Balaban J connectivity index is 1.70. The van der Waals surface area contributed by atoms with E-state index in [0.717, 1.165) is 53.6 Å². The number of benzene rings is 2.